The summed E-state index contributed by atoms with van der Waals surface area (Å²) in [5, 5.41) is 3.02. The highest BCUT2D eigenvalue weighted by atomic mass is 32.2. The van der Waals surface area contributed by atoms with E-state index >= 15 is 0 Å². The van der Waals surface area contributed by atoms with E-state index in [2.05, 4.69) is 15.3 Å². The molecule has 1 aromatic rings. The predicted octanol–water partition coefficient (Wildman–Crippen LogP) is 1.47. The molecule has 0 spiro atoms. The van der Waals surface area contributed by atoms with E-state index in [-0.39, 0.29) is 10.9 Å². The van der Waals surface area contributed by atoms with Gasteiger partial charge < -0.3 is 5.32 Å². The highest BCUT2D eigenvalue weighted by molar-refractivity contribution is 7.89. The highest BCUT2D eigenvalue weighted by Crippen LogP contribution is 2.28. The van der Waals surface area contributed by atoms with Crippen LogP contribution in [0.25, 0.3) is 0 Å². The summed E-state index contributed by atoms with van der Waals surface area (Å²) in [6.07, 6.45) is 6.68. The molecule has 1 N–H and O–H groups in total. The lowest BCUT2D eigenvalue weighted by molar-refractivity contribution is 0.249. The Morgan fingerprint density at radius 3 is 2.47 bits per heavy atom. The van der Waals surface area contributed by atoms with Gasteiger partial charge in [-0.1, -0.05) is 13.3 Å². The van der Waals surface area contributed by atoms with Crippen molar-refractivity contribution in [1.82, 2.24) is 14.3 Å². The molecule has 0 amide bonds. The van der Waals surface area contributed by atoms with Gasteiger partial charge in [-0.05, 0) is 19.3 Å². The third-order valence-corrected chi connectivity index (χ3v) is 5.29. The lowest BCUT2D eigenvalue weighted by atomic mass is 9.94. The molecule has 1 saturated carbocycles. The predicted molar refractivity (Wildman–Crippen MR) is 73.4 cm³/mol. The molecule has 2 rings (SSSR count). The first-order valence-electron chi connectivity index (χ1n) is 6.59. The molecule has 1 aliphatic rings. The van der Waals surface area contributed by atoms with Gasteiger partial charge in [0.25, 0.3) is 0 Å². The molecule has 1 aromatic heterocycles. The van der Waals surface area contributed by atoms with Crippen LogP contribution in [-0.2, 0) is 10.0 Å². The molecule has 0 saturated heterocycles. The summed E-state index contributed by atoms with van der Waals surface area (Å²) in [6.45, 7) is 2.81. The van der Waals surface area contributed by atoms with Crippen molar-refractivity contribution < 1.29 is 8.42 Å². The molecule has 106 valence electrons. The van der Waals surface area contributed by atoms with Crippen molar-refractivity contribution in [2.75, 3.05) is 18.9 Å². The number of nitrogens with one attached hydrogen (secondary N) is 1. The van der Waals surface area contributed by atoms with Gasteiger partial charge in [0.15, 0.2) is 0 Å². The Kier molecular flexibility index (Phi) is 4.36. The molecular weight excluding hydrogens is 264 g/mol. The second-order valence-electron chi connectivity index (χ2n) is 4.78. The van der Waals surface area contributed by atoms with Crippen LogP contribution < -0.4 is 5.32 Å². The van der Waals surface area contributed by atoms with E-state index < -0.39 is 10.0 Å². The first-order valence-corrected chi connectivity index (χ1v) is 8.03. The summed E-state index contributed by atoms with van der Waals surface area (Å²) < 4.78 is 26.1. The minimum Gasteiger partial charge on any atom is -0.354 e. The molecule has 0 unspecified atom stereocenters. The van der Waals surface area contributed by atoms with E-state index in [1.165, 1.54) is 16.7 Å². The average molecular weight is 284 g/mol. The third-order valence-electron chi connectivity index (χ3n) is 3.43. The van der Waals surface area contributed by atoms with Crippen LogP contribution in [0.4, 0.5) is 5.95 Å². The molecule has 0 radical (unpaired) electrons. The number of anilines is 1. The van der Waals surface area contributed by atoms with Gasteiger partial charge in [-0.2, -0.15) is 4.31 Å². The summed E-state index contributed by atoms with van der Waals surface area (Å²) in [5.74, 6) is 0.465. The van der Waals surface area contributed by atoms with Gasteiger partial charge in [0.05, 0.1) is 12.4 Å². The number of rotatable bonds is 6. The zero-order valence-corrected chi connectivity index (χ0v) is 12.2. The number of hydrogen-bond acceptors (Lipinski definition) is 5. The van der Waals surface area contributed by atoms with E-state index in [0.717, 1.165) is 32.2 Å². The smallest absolute Gasteiger partial charge is 0.246 e. The topological polar surface area (TPSA) is 75.2 Å². The summed E-state index contributed by atoms with van der Waals surface area (Å²) in [5.41, 5.74) is 0. The van der Waals surface area contributed by atoms with Crippen LogP contribution in [-0.4, -0.2) is 42.3 Å². The standard InChI is InChI=1S/C12H20N4O2S/c1-3-7-13-12-14-8-11(9-15-12)19(17,18)16(2)10-5-4-6-10/h8-10H,3-7H2,1-2H3,(H,13,14,15). The van der Waals surface area contributed by atoms with E-state index in [1.807, 2.05) is 6.92 Å². The maximum absolute atomic E-state index is 12.3. The van der Waals surface area contributed by atoms with Crippen LogP contribution >= 0.6 is 0 Å². The molecule has 1 heterocycles. The molecule has 0 bridgehead atoms. The second-order valence-corrected chi connectivity index (χ2v) is 6.77. The maximum atomic E-state index is 12.3. The fourth-order valence-electron chi connectivity index (χ4n) is 1.89. The number of sulfonamides is 1. The van der Waals surface area contributed by atoms with Crippen molar-refractivity contribution in [3.05, 3.63) is 12.4 Å². The van der Waals surface area contributed by atoms with Gasteiger partial charge in [-0.3, -0.25) is 0 Å². The zero-order valence-electron chi connectivity index (χ0n) is 11.3. The summed E-state index contributed by atoms with van der Waals surface area (Å²) >= 11 is 0. The fraction of sp³-hybridized carbons (Fsp3) is 0.667. The van der Waals surface area contributed by atoms with Crippen LogP contribution in [0.5, 0.6) is 0 Å². The summed E-state index contributed by atoms with van der Waals surface area (Å²) in [6, 6.07) is 0.128. The average Bonchev–Trinajstić information content (AvgIpc) is 2.34. The van der Waals surface area contributed by atoms with Crippen LogP contribution in [0.1, 0.15) is 32.6 Å². The van der Waals surface area contributed by atoms with Gasteiger partial charge in [-0.15, -0.1) is 0 Å². The van der Waals surface area contributed by atoms with Gasteiger partial charge >= 0.3 is 0 Å². The zero-order chi connectivity index (χ0) is 13.9. The van der Waals surface area contributed by atoms with E-state index in [4.69, 9.17) is 0 Å². The minimum absolute atomic E-state index is 0.128. The van der Waals surface area contributed by atoms with Crippen molar-refractivity contribution in [3.63, 3.8) is 0 Å². The lowest BCUT2D eigenvalue weighted by Gasteiger charge is -2.33. The number of aromatic nitrogens is 2. The van der Waals surface area contributed by atoms with Crippen LogP contribution in [0, 0.1) is 0 Å². The highest BCUT2D eigenvalue weighted by Gasteiger charge is 2.32. The molecule has 0 aromatic carbocycles. The Balaban J connectivity index is 2.11. The van der Waals surface area contributed by atoms with Crippen molar-refractivity contribution in [2.45, 2.75) is 43.5 Å². The lowest BCUT2D eigenvalue weighted by Crippen LogP contribution is -2.41. The Bertz CT molecular complexity index is 511. The molecule has 19 heavy (non-hydrogen) atoms. The first kappa shape index (κ1) is 14.2. The van der Waals surface area contributed by atoms with Crippen LogP contribution in [0.2, 0.25) is 0 Å². The van der Waals surface area contributed by atoms with Crippen molar-refractivity contribution >= 4 is 16.0 Å². The second kappa shape index (κ2) is 5.83. The van der Waals surface area contributed by atoms with Gasteiger partial charge in [0.2, 0.25) is 16.0 Å². The molecule has 1 aliphatic carbocycles. The van der Waals surface area contributed by atoms with Crippen LogP contribution in [0.15, 0.2) is 17.3 Å². The maximum Gasteiger partial charge on any atom is 0.246 e. The number of hydrogen-bond donors (Lipinski definition) is 1. The largest absolute Gasteiger partial charge is 0.354 e. The molecule has 0 aliphatic heterocycles. The molecule has 0 atom stereocenters. The molecule has 1 fully saturated rings. The normalized spacial score (nSPS) is 16.4. The molecular formula is C12H20N4O2S. The molecule has 6 nitrogen and oxygen atoms in total. The van der Waals surface area contributed by atoms with E-state index in [0.29, 0.717) is 5.95 Å². The Morgan fingerprint density at radius 1 is 1.37 bits per heavy atom. The summed E-state index contributed by atoms with van der Waals surface area (Å²) in [7, 11) is -1.83. The van der Waals surface area contributed by atoms with Crippen molar-refractivity contribution in [1.29, 1.82) is 0 Å². The summed E-state index contributed by atoms with van der Waals surface area (Å²) in [4.78, 5) is 8.24. The third kappa shape index (κ3) is 3.03. The number of nitrogens with zero attached hydrogens (tertiary/aromatic N) is 3. The quantitative estimate of drug-likeness (QED) is 0.856. The SMILES string of the molecule is CCCNc1ncc(S(=O)(=O)N(C)C2CCC2)cn1. The Hall–Kier alpha value is -1.21. The Morgan fingerprint density at radius 2 is 2.00 bits per heavy atom. The van der Waals surface area contributed by atoms with Gasteiger partial charge in [0.1, 0.15) is 4.90 Å². The monoisotopic (exact) mass is 284 g/mol. The van der Waals surface area contributed by atoms with E-state index in [1.54, 1.807) is 7.05 Å². The molecule has 7 heteroatoms. The van der Waals surface area contributed by atoms with Crippen molar-refractivity contribution in [3.8, 4) is 0 Å². The van der Waals surface area contributed by atoms with Crippen LogP contribution in [0.3, 0.4) is 0 Å². The van der Waals surface area contributed by atoms with Gasteiger partial charge in [-0.25, -0.2) is 18.4 Å². The Labute approximate surface area is 114 Å². The minimum atomic E-state index is -3.46. The first-order chi connectivity index (χ1) is 9.05. The fourth-order valence-corrected chi connectivity index (χ4v) is 3.20. The van der Waals surface area contributed by atoms with Gasteiger partial charge in [0, 0.05) is 19.6 Å². The van der Waals surface area contributed by atoms with E-state index in [9.17, 15) is 8.42 Å². The van der Waals surface area contributed by atoms with Crippen molar-refractivity contribution in [2.24, 2.45) is 0 Å².